The lowest BCUT2D eigenvalue weighted by atomic mass is 10.0. The van der Waals surface area contributed by atoms with E-state index in [1.807, 2.05) is 31.2 Å². The maximum atomic E-state index is 13.1. The smallest absolute Gasteiger partial charge is 0.267 e. The van der Waals surface area contributed by atoms with Gasteiger partial charge in [0.25, 0.3) is 5.56 Å². The number of aromatic nitrogens is 2. The van der Waals surface area contributed by atoms with Gasteiger partial charge in [-0.05, 0) is 42.7 Å². The number of nitrogens with zero attached hydrogens (tertiary/aromatic N) is 2. The average Bonchev–Trinajstić information content (AvgIpc) is 2.54. The highest BCUT2D eigenvalue weighted by molar-refractivity contribution is 6.35. The highest BCUT2D eigenvalue weighted by atomic mass is 35.5. The Morgan fingerprint density at radius 2 is 1.83 bits per heavy atom. The summed E-state index contributed by atoms with van der Waals surface area (Å²) in [4.78, 5) is 17.7. The first-order valence-electron chi connectivity index (χ1n) is 7.97. The second-order valence-electron chi connectivity index (χ2n) is 6.28. The molecule has 24 heavy (non-hydrogen) atoms. The van der Waals surface area contributed by atoms with Crippen molar-refractivity contribution in [2.24, 2.45) is 5.73 Å². The predicted octanol–water partition coefficient (Wildman–Crippen LogP) is 4.18. The van der Waals surface area contributed by atoms with E-state index in [2.05, 4.69) is 18.8 Å². The van der Waals surface area contributed by atoms with Gasteiger partial charge >= 0.3 is 0 Å². The molecule has 2 aromatic carbocycles. The molecule has 0 aliphatic carbocycles. The van der Waals surface area contributed by atoms with E-state index in [4.69, 9.17) is 17.3 Å². The zero-order chi connectivity index (χ0) is 17.4. The second kappa shape index (κ2) is 6.38. The van der Waals surface area contributed by atoms with Crippen molar-refractivity contribution in [3.05, 3.63) is 69.2 Å². The van der Waals surface area contributed by atoms with Crippen LogP contribution in [0.2, 0.25) is 5.02 Å². The van der Waals surface area contributed by atoms with Gasteiger partial charge in [-0.3, -0.25) is 9.36 Å². The van der Waals surface area contributed by atoms with Crippen molar-refractivity contribution < 1.29 is 0 Å². The monoisotopic (exact) mass is 341 g/mol. The Balaban J connectivity index is 2.40. The van der Waals surface area contributed by atoms with Crippen LogP contribution in [0.3, 0.4) is 0 Å². The third kappa shape index (κ3) is 2.83. The topological polar surface area (TPSA) is 60.9 Å². The second-order valence-corrected chi connectivity index (χ2v) is 6.69. The fraction of sp³-hybridized carbons (Fsp3) is 0.263. The van der Waals surface area contributed by atoms with Gasteiger partial charge in [0.1, 0.15) is 5.82 Å². The zero-order valence-corrected chi connectivity index (χ0v) is 14.7. The van der Waals surface area contributed by atoms with E-state index in [0.717, 1.165) is 11.3 Å². The van der Waals surface area contributed by atoms with Gasteiger partial charge in [-0.15, -0.1) is 0 Å². The minimum absolute atomic E-state index is 0.196. The molecule has 1 heterocycles. The van der Waals surface area contributed by atoms with Crippen LogP contribution in [0.1, 0.15) is 44.1 Å². The van der Waals surface area contributed by atoms with E-state index in [-0.39, 0.29) is 11.6 Å². The number of fused-ring (bicyclic) bond motifs is 1. The van der Waals surface area contributed by atoms with Crippen LogP contribution in [-0.2, 0) is 0 Å². The largest absolute Gasteiger partial charge is 0.322 e. The molecule has 0 radical (unpaired) electrons. The molecule has 3 aromatic rings. The summed E-state index contributed by atoms with van der Waals surface area (Å²) in [5.74, 6) is 0.882. The Morgan fingerprint density at radius 3 is 2.50 bits per heavy atom. The van der Waals surface area contributed by atoms with Crippen molar-refractivity contribution in [1.82, 2.24) is 9.55 Å². The van der Waals surface area contributed by atoms with Crippen LogP contribution in [0.5, 0.6) is 0 Å². The number of hydrogen-bond donors (Lipinski definition) is 1. The standard InChI is InChI=1S/C19H20ClN3O/c1-11(2)13-6-4-7-14(10-13)23-18(12(3)21)22-16-9-5-8-15(20)17(16)19(23)24/h4-12H,21H2,1-3H3/t12-/m0/s1. The molecule has 4 nitrogen and oxygen atoms in total. The minimum atomic E-state index is -0.385. The van der Waals surface area contributed by atoms with Crippen molar-refractivity contribution in [3.8, 4) is 5.69 Å². The summed E-state index contributed by atoms with van der Waals surface area (Å²) >= 11 is 6.25. The molecular formula is C19H20ClN3O. The molecule has 2 N–H and O–H groups in total. The lowest BCUT2D eigenvalue weighted by Crippen LogP contribution is -2.27. The lowest BCUT2D eigenvalue weighted by Gasteiger charge is -2.17. The molecular weight excluding hydrogens is 322 g/mol. The van der Waals surface area contributed by atoms with E-state index in [9.17, 15) is 4.79 Å². The molecule has 0 spiro atoms. The van der Waals surface area contributed by atoms with Crippen molar-refractivity contribution in [1.29, 1.82) is 0 Å². The quantitative estimate of drug-likeness (QED) is 0.777. The van der Waals surface area contributed by atoms with Crippen LogP contribution >= 0.6 is 11.6 Å². The molecule has 0 saturated carbocycles. The Morgan fingerprint density at radius 1 is 1.12 bits per heavy atom. The van der Waals surface area contributed by atoms with Gasteiger partial charge in [0, 0.05) is 0 Å². The molecule has 3 rings (SSSR count). The molecule has 0 bridgehead atoms. The first-order chi connectivity index (χ1) is 11.4. The van der Waals surface area contributed by atoms with Crippen LogP contribution in [0, 0.1) is 0 Å². The van der Waals surface area contributed by atoms with Crippen LogP contribution in [0.25, 0.3) is 16.6 Å². The fourth-order valence-corrected chi connectivity index (χ4v) is 3.04. The highest BCUT2D eigenvalue weighted by Gasteiger charge is 2.17. The number of nitrogens with two attached hydrogens (primary N) is 1. The lowest BCUT2D eigenvalue weighted by molar-refractivity contribution is 0.695. The van der Waals surface area contributed by atoms with Gasteiger partial charge in [0.05, 0.1) is 27.7 Å². The van der Waals surface area contributed by atoms with Crippen LogP contribution in [0.4, 0.5) is 0 Å². The van der Waals surface area contributed by atoms with E-state index in [0.29, 0.717) is 27.7 Å². The molecule has 0 unspecified atom stereocenters. The summed E-state index contributed by atoms with van der Waals surface area (Å²) in [7, 11) is 0. The Bertz CT molecular complexity index is 960. The van der Waals surface area contributed by atoms with E-state index in [1.165, 1.54) is 0 Å². The van der Waals surface area contributed by atoms with Crippen LogP contribution in [0.15, 0.2) is 47.3 Å². The third-order valence-corrected chi connectivity index (χ3v) is 4.39. The summed E-state index contributed by atoms with van der Waals surface area (Å²) in [5, 5.41) is 0.813. The third-order valence-electron chi connectivity index (χ3n) is 4.08. The summed E-state index contributed by atoms with van der Waals surface area (Å²) in [6.45, 7) is 6.05. The summed E-state index contributed by atoms with van der Waals surface area (Å²) < 4.78 is 1.57. The summed E-state index contributed by atoms with van der Waals surface area (Å²) in [6, 6.07) is 12.8. The SMILES string of the molecule is CC(C)c1cccc(-n2c([C@H](C)N)nc3cccc(Cl)c3c2=O)c1. The molecule has 0 aliphatic heterocycles. The normalized spacial score (nSPS) is 12.8. The Labute approximate surface area is 145 Å². The van der Waals surface area contributed by atoms with E-state index >= 15 is 0 Å². The summed E-state index contributed by atoms with van der Waals surface area (Å²) in [5.41, 5.74) is 8.37. The van der Waals surface area contributed by atoms with Crippen molar-refractivity contribution in [2.75, 3.05) is 0 Å². The van der Waals surface area contributed by atoms with Crippen molar-refractivity contribution in [2.45, 2.75) is 32.7 Å². The molecule has 1 atom stereocenters. The van der Waals surface area contributed by atoms with E-state index < -0.39 is 0 Å². The maximum Gasteiger partial charge on any atom is 0.267 e. The molecule has 0 fully saturated rings. The summed E-state index contributed by atoms with van der Waals surface area (Å²) in [6.07, 6.45) is 0. The molecule has 0 amide bonds. The number of rotatable bonds is 3. The highest BCUT2D eigenvalue weighted by Crippen LogP contribution is 2.23. The van der Waals surface area contributed by atoms with Gasteiger partial charge in [0.15, 0.2) is 0 Å². The van der Waals surface area contributed by atoms with Gasteiger partial charge in [-0.25, -0.2) is 4.98 Å². The molecule has 1 aromatic heterocycles. The fourth-order valence-electron chi connectivity index (χ4n) is 2.78. The molecule has 124 valence electrons. The number of benzene rings is 2. The molecule has 5 heteroatoms. The first kappa shape index (κ1) is 16.7. The van der Waals surface area contributed by atoms with Crippen LogP contribution in [-0.4, -0.2) is 9.55 Å². The zero-order valence-electron chi connectivity index (χ0n) is 14.0. The van der Waals surface area contributed by atoms with E-state index in [1.54, 1.807) is 22.8 Å². The predicted molar refractivity (Wildman–Crippen MR) is 99.0 cm³/mol. The Kier molecular flexibility index (Phi) is 4.43. The number of halogens is 1. The first-order valence-corrected chi connectivity index (χ1v) is 8.35. The minimum Gasteiger partial charge on any atom is -0.322 e. The Hall–Kier alpha value is -2.17. The van der Waals surface area contributed by atoms with Crippen LogP contribution < -0.4 is 11.3 Å². The molecule has 0 saturated heterocycles. The van der Waals surface area contributed by atoms with Gasteiger partial charge in [-0.1, -0.05) is 43.6 Å². The molecule has 0 aliphatic rings. The average molecular weight is 342 g/mol. The number of hydrogen-bond acceptors (Lipinski definition) is 3. The van der Waals surface area contributed by atoms with Gasteiger partial charge in [-0.2, -0.15) is 0 Å². The van der Waals surface area contributed by atoms with Crippen molar-refractivity contribution in [3.63, 3.8) is 0 Å². The van der Waals surface area contributed by atoms with Gasteiger partial charge in [0.2, 0.25) is 0 Å². The van der Waals surface area contributed by atoms with Crippen molar-refractivity contribution >= 4 is 22.5 Å². The maximum absolute atomic E-state index is 13.1. The van der Waals surface area contributed by atoms with Gasteiger partial charge < -0.3 is 5.73 Å².